The second kappa shape index (κ2) is 11.9. The van der Waals surface area contributed by atoms with Gasteiger partial charge < -0.3 is 24.9 Å². The Hall–Kier alpha value is -4.24. The van der Waals surface area contributed by atoms with E-state index in [1.165, 1.54) is 12.0 Å². The van der Waals surface area contributed by atoms with E-state index in [1.54, 1.807) is 36.7 Å². The van der Waals surface area contributed by atoms with Crippen LogP contribution in [0.4, 0.5) is 0 Å². The molecule has 2 atom stereocenters. The van der Waals surface area contributed by atoms with Gasteiger partial charge in [0.15, 0.2) is 0 Å². The SMILES string of the molecule is CON=C1C[C@@H](C(=O)NCC(O)COc2ccccc2)N(C(=O)c2ccc(-c3cccnc3)cc2)C1. The van der Waals surface area contributed by atoms with Crippen LogP contribution in [0.25, 0.3) is 11.1 Å². The van der Waals surface area contributed by atoms with Crippen LogP contribution in [-0.4, -0.2) is 71.5 Å². The number of oxime groups is 1. The number of amides is 2. The molecule has 9 heteroatoms. The van der Waals surface area contributed by atoms with Crippen LogP contribution in [0.5, 0.6) is 5.75 Å². The number of hydrogen-bond donors (Lipinski definition) is 2. The molecule has 1 saturated heterocycles. The van der Waals surface area contributed by atoms with E-state index in [9.17, 15) is 14.7 Å². The lowest BCUT2D eigenvalue weighted by molar-refractivity contribution is -0.125. The van der Waals surface area contributed by atoms with Crippen LogP contribution in [0.15, 0.2) is 84.3 Å². The number of aliphatic hydroxyl groups is 1. The van der Waals surface area contributed by atoms with Crippen molar-refractivity contribution >= 4 is 17.5 Å². The van der Waals surface area contributed by atoms with Crippen molar-refractivity contribution in [2.75, 3.05) is 26.8 Å². The number of rotatable bonds is 9. The summed E-state index contributed by atoms with van der Waals surface area (Å²) < 4.78 is 5.53. The third-order valence-electron chi connectivity index (χ3n) is 5.77. The van der Waals surface area contributed by atoms with Crippen LogP contribution in [0.3, 0.4) is 0 Å². The standard InChI is InChI=1S/C27H28N4O5/c1-35-30-22-14-25(26(33)29-16-23(32)18-36-24-7-3-2-4-8-24)31(17-22)27(34)20-11-9-19(10-12-20)21-6-5-13-28-15-21/h2-13,15,23,25,32H,14,16-18H2,1H3,(H,29,33)/t23?,25-/m0/s1. The molecule has 0 radical (unpaired) electrons. The maximum absolute atomic E-state index is 13.3. The average molecular weight is 489 g/mol. The van der Waals surface area contributed by atoms with Crippen molar-refractivity contribution < 1.29 is 24.3 Å². The summed E-state index contributed by atoms with van der Waals surface area (Å²) in [5.41, 5.74) is 2.92. The molecule has 0 spiro atoms. The van der Waals surface area contributed by atoms with Crippen molar-refractivity contribution in [3.8, 4) is 16.9 Å². The second-order valence-electron chi connectivity index (χ2n) is 8.34. The summed E-state index contributed by atoms with van der Waals surface area (Å²) in [5, 5.41) is 16.9. The number of ether oxygens (including phenoxy) is 1. The fraction of sp³-hybridized carbons (Fsp3) is 0.259. The highest BCUT2D eigenvalue weighted by molar-refractivity contribution is 6.05. The number of carbonyl (C=O) groups is 2. The number of hydrogen-bond acceptors (Lipinski definition) is 7. The van der Waals surface area contributed by atoms with Gasteiger partial charge in [-0.15, -0.1) is 0 Å². The fourth-order valence-corrected chi connectivity index (χ4v) is 3.96. The highest BCUT2D eigenvalue weighted by atomic mass is 16.6. The maximum Gasteiger partial charge on any atom is 0.254 e. The Kier molecular flexibility index (Phi) is 8.25. The highest BCUT2D eigenvalue weighted by Crippen LogP contribution is 2.23. The average Bonchev–Trinajstić information content (AvgIpc) is 3.35. The van der Waals surface area contributed by atoms with Gasteiger partial charge >= 0.3 is 0 Å². The van der Waals surface area contributed by atoms with Gasteiger partial charge in [0, 0.05) is 30.9 Å². The minimum atomic E-state index is -0.910. The Labute approximate surface area is 209 Å². The molecule has 0 bridgehead atoms. The molecular formula is C27H28N4O5. The lowest BCUT2D eigenvalue weighted by Crippen LogP contribution is -2.48. The maximum atomic E-state index is 13.3. The molecule has 2 heterocycles. The molecule has 1 fully saturated rings. The summed E-state index contributed by atoms with van der Waals surface area (Å²) in [6.45, 7) is 0.187. The van der Waals surface area contributed by atoms with Gasteiger partial charge in [0.2, 0.25) is 5.91 Å². The van der Waals surface area contributed by atoms with Crippen molar-refractivity contribution in [2.45, 2.75) is 18.6 Å². The molecule has 2 aromatic carbocycles. The number of carbonyl (C=O) groups excluding carboxylic acids is 2. The predicted molar refractivity (Wildman–Crippen MR) is 135 cm³/mol. The molecule has 9 nitrogen and oxygen atoms in total. The first-order chi connectivity index (χ1) is 17.5. The molecule has 36 heavy (non-hydrogen) atoms. The number of aliphatic hydroxyl groups excluding tert-OH is 1. The van der Waals surface area contributed by atoms with Crippen LogP contribution in [0, 0.1) is 0 Å². The van der Waals surface area contributed by atoms with E-state index in [2.05, 4.69) is 15.5 Å². The first-order valence-electron chi connectivity index (χ1n) is 11.6. The van der Waals surface area contributed by atoms with Gasteiger partial charge in [-0.1, -0.05) is 41.6 Å². The normalized spacial score (nSPS) is 17.0. The van der Waals surface area contributed by atoms with Crippen LogP contribution < -0.4 is 10.1 Å². The predicted octanol–water partition coefficient (Wildman–Crippen LogP) is 2.52. The minimum absolute atomic E-state index is 0.0131. The van der Waals surface area contributed by atoms with Crippen LogP contribution in [-0.2, 0) is 9.63 Å². The molecule has 186 valence electrons. The van der Waals surface area contributed by atoms with Crippen molar-refractivity contribution in [1.82, 2.24) is 15.2 Å². The molecule has 1 aliphatic rings. The van der Waals surface area contributed by atoms with Crippen molar-refractivity contribution in [3.63, 3.8) is 0 Å². The van der Waals surface area contributed by atoms with E-state index in [0.29, 0.717) is 17.0 Å². The monoisotopic (exact) mass is 488 g/mol. The summed E-state index contributed by atoms with van der Waals surface area (Å²) >= 11 is 0. The molecule has 0 aliphatic carbocycles. The third-order valence-corrected chi connectivity index (χ3v) is 5.77. The highest BCUT2D eigenvalue weighted by Gasteiger charge is 2.38. The lowest BCUT2D eigenvalue weighted by Gasteiger charge is -2.24. The zero-order valence-corrected chi connectivity index (χ0v) is 19.9. The zero-order valence-electron chi connectivity index (χ0n) is 19.9. The molecule has 2 N–H and O–H groups in total. The van der Waals surface area contributed by atoms with Gasteiger partial charge in [-0.2, -0.15) is 0 Å². The largest absolute Gasteiger partial charge is 0.491 e. The van der Waals surface area contributed by atoms with Crippen molar-refractivity contribution in [3.05, 3.63) is 84.7 Å². The van der Waals surface area contributed by atoms with Gasteiger partial charge in [0.25, 0.3) is 5.91 Å². The zero-order chi connectivity index (χ0) is 25.3. The quantitative estimate of drug-likeness (QED) is 0.448. The molecule has 1 aromatic heterocycles. The Balaban J connectivity index is 1.39. The molecule has 1 aliphatic heterocycles. The van der Waals surface area contributed by atoms with E-state index in [4.69, 9.17) is 9.57 Å². The van der Waals surface area contributed by atoms with Crippen LogP contribution in [0.2, 0.25) is 0 Å². The molecular weight excluding hydrogens is 460 g/mol. The van der Waals surface area contributed by atoms with Crippen molar-refractivity contribution in [2.24, 2.45) is 5.16 Å². The Morgan fingerprint density at radius 2 is 1.89 bits per heavy atom. The number of para-hydroxylation sites is 1. The van der Waals surface area contributed by atoms with Gasteiger partial charge in [-0.05, 0) is 41.5 Å². The van der Waals surface area contributed by atoms with Gasteiger partial charge in [0.1, 0.15) is 31.6 Å². The van der Waals surface area contributed by atoms with E-state index < -0.39 is 12.1 Å². The Morgan fingerprint density at radius 3 is 2.58 bits per heavy atom. The summed E-state index contributed by atoms with van der Waals surface area (Å²) in [5.74, 6) is -0.0389. The fourth-order valence-electron chi connectivity index (χ4n) is 3.96. The Morgan fingerprint density at radius 1 is 1.11 bits per heavy atom. The van der Waals surface area contributed by atoms with E-state index >= 15 is 0 Å². The smallest absolute Gasteiger partial charge is 0.254 e. The van der Waals surface area contributed by atoms with Gasteiger partial charge in [0.05, 0.1) is 12.3 Å². The number of nitrogens with one attached hydrogen (secondary N) is 1. The van der Waals surface area contributed by atoms with E-state index in [0.717, 1.165) is 11.1 Å². The first-order valence-corrected chi connectivity index (χ1v) is 11.6. The number of benzene rings is 2. The van der Waals surface area contributed by atoms with Crippen LogP contribution >= 0.6 is 0 Å². The van der Waals surface area contributed by atoms with Crippen molar-refractivity contribution in [1.29, 1.82) is 0 Å². The number of aromatic nitrogens is 1. The molecule has 4 rings (SSSR count). The Bertz CT molecular complexity index is 1190. The lowest BCUT2D eigenvalue weighted by atomic mass is 10.0. The third kappa shape index (κ3) is 6.25. The molecule has 3 aromatic rings. The van der Waals surface area contributed by atoms with Crippen LogP contribution in [0.1, 0.15) is 16.8 Å². The minimum Gasteiger partial charge on any atom is -0.491 e. The number of pyridine rings is 1. The number of nitrogens with zero attached hydrogens (tertiary/aromatic N) is 3. The van der Waals surface area contributed by atoms with Gasteiger partial charge in [-0.3, -0.25) is 14.6 Å². The molecule has 0 saturated carbocycles. The summed E-state index contributed by atoms with van der Waals surface area (Å²) in [4.78, 5) is 36.8. The number of likely N-dealkylation sites (tertiary alicyclic amines) is 1. The summed E-state index contributed by atoms with van der Waals surface area (Å²) in [6.07, 6.45) is 2.79. The summed E-state index contributed by atoms with van der Waals surface area (Å²) in [7, 11) is 1.42. The van der Waals surface area contributed by atoms with E-state index in [-0.39, 0.29) is 37.9 Å². The first kappa shape index (κ1) is 24.9. The second-order valence-corrected chi connectivity index (χ2v) is 8.34. The summed E-state index contributed by atoms with van der Waals surface area (Å²) in [6, 6.07) is 19.3. The molecule has 1 unspecified atom stereocenters. The topological polar surface area (TPSA) is 113 Å². The molecule has 2 amide bonds. The van der Waals surface area contributed by atoms with Gasteiger partial charge in [-0.25, -0.2) is 0 Å². The van der Waals surface area contributed by atoms with E-state index in [1.807, 2.05) is 42.5 Å².